The molecule has 0 unspecified atom stereocenters. The number of phenolic OH excluding ortho intramolecular Hbond substituents is 1. The molecule has 0 fully saturated rings. The Morgan fingerprint density at radius 3 is 2.05 bits per heavy atom. The van der Waals surface area contributed by atoms with Crippen LogP contribution >= 0.6 is 7.60 Å². The summed E-state index contributed by atoms with van der Waals surface area (Å²) in [5.41, 5.74) is 6.02. The fourth-order valence-corrected chi connectivity index (χ4v) is 5.08. The lowest BCUT2D eigenvalue weighted by Crippen LogP contribution is -2.01. The van der Waals surface area contributed by atoms with Gasteiger partial charge in [0, 0.05) is 23.2 Å². The van der Waals surface area contributed by atoms with Crippen molar-refractivity contribution in [1.82, 2.24) is 0 Å². The van der Waals surface area contributed by atoms with Crippen molar-refractivity contribution in [2.75, 3.05) is 18.9 Å². The molecule has 0 radical (unpaired) electrons. The van der Waals surface area contributed by atoms with E-state index in [0.29, 0.717) is 11.1 Å². The maximum absolute atomic E-state index is 12.2. The number of nitrogens with two attached hydrogens (primary N) is 1. The number of fused-ring (bicyclic) bond motifs is 1. The third-order valence-corrected chi connectivity index (χ3v) is 7.51. The lowest BCUT2D eigenvalue weighted by molar-refractivity contribution is 0.332. The van der Waals surface area contributed by atoms with Crippen LogP contribution in [0.2, 0.25) is 0 Å². The SMILES string of the molecule is CCOc1cc(/N=N/c2c(S(=O)(=O)O)cc3ccc(N)cc3c2O)c(OCC)cc1/N=N/c1cccc(P(=O)(O)O)c1. The van der Waals surface area contributed by atoms with Crippen molar-refractivity contribution < 1.29 is 41.9 Å². The van der Waals surface area contributed by atoms with E-state index < -0.39 is 34.0 Å². The van der Waals surface area contributed by atoms with E-state index in [1.165, 1.54) is 54.6 Å². The van der Waals surface area contributed by atoms with E-state index in [-0.39, 0.29) is 52.5 Å². The summed E-state index contributed by atoms with van der Waals surface area (Å²) in [6.07, 6.45) is 0. The van der Waals surface area contributed by atoms with Crippen LogP contribution < -0.4 is 20.5 Å². The van der Waals surface area contributed by atoms with Gasteiger partial charge in [-0.2, -0.15) is 13.5 Å². The molecule has 0 aliphatic carbocycles. The first-order valence-corrected chi connectivity index (χ1v) is 15.3. The smallest absolute Gasteiger partial charge is 0.356 e. The molecule has 0 spiro atoms. The van der Waals surface area contributed by atoms with Gasteiger partial charge in [-0.1, -0.05) is 12.1 Å². The van der Waals surface area contributed by atoms with Gasteiger partial charge in [0.15, 0.2) is 5.75 Å². The first kappa shape index (κ1) is 30.6. The Morgan fingerprint density at radius 2 is 1.48 bits per heavy atom. The minimum absolute atomic E-state index is 0.0658. The third kappa shape index (κ3) is 6.90. The maximum atomic E-state index is 12.2. The molecule has 42 heavy (non-hydrogen) atoms. The molecule has 14 nitrogen and oxygen atoms in total. The summed E-state index contributed by atoms with van der Waals surface area (Å²) in [4.78, 5) is 18.2. The maximum Gasteiger partial charge on any atom is 0.356 e. The second kappa shape index (κ2) is 12.2. The highest BCUT2D eigenvalue weighted by atomic mass is 32.2. The van der Waals surface area contributed by atoms with Crippen LogP contribution in [-0.4, -0.2) is 41.1 Å². The molecule has 0 aliphatic rings. The molecule has 0 aromatic heterocycles. The highest BCUT2D eigenvalue weighted by molar-refractivity contribution is 7.86. The lowest BCUT2D eigenvalue weighted by Gasteiger charge is -2.12. The Labute approximate surface area is 240 Å². The van der Waals surface area contributed by atoms with Crippen molar-refractivity contribution in [2.45, 2.75) is 18.7 Å². The average molecular weight is 616 g/mol. The molecule has 16 heteroatoms. The van der Waals surface area contributed by atoms with Crippen molar-refractivity contribution in [2.24, 2.45) is 20.5 Å². The fraction of sp³-hybridized carbons (Fsp3) is 0.154. The molecule has 0 saturated heterocycles. The van der Waals surface area contributed by atoms with Gasteiger partial charge in [0.2, 0.25) is 0 Å². The number of phenols is 1. The number of nitrogens with zero attached hydrogens (tertiary/aromatic N) is 4. The highest BCUT2D eigenvalue weighted by Gasteiger charge is 2.23. The van der Waals surface area contributed by atoms with Gasteiger partial charge < -0.3 is 30.1 Å². The van der Waals surface area contributed by atoms with E-state index in [1.54, 1.807) is 13.8 Å². The molecule has 4 aromatic carbocycles. The number of anilines is 1. The number of azo groups is 2. The van der Waals surface area contributed by atoms with E-state index in [4.69, 9.17) is 15.2 Å². The van der Waals surface area contributed by atoms with E-state index in [9.17, 15) is 32.4 Å². The van der Waals surface area contributed by atoms with Crippen LogP contribution in [0, 0.1) is 0 Å². The minimum atomic E-state index is -4.83. The number of nitrogen functional groups attached to an aromatic ring is 1. The average Bonchev–Trinajstić information content (AvgIpc) is 2.92. The van der Waals surface area contributed by atoms with Crippen LogP contribution in [0.4, 0.5) is 28.4 Å². The summed E-state index contributed by atoms with van der Waals surface area (Å²) < 4.78 is 57.1. The fourth-order valence-electron chi connectivity index (χ4n) is 3.84. The summed E-state index contributed by atoms with van der Waals surface area (Å²) in [5, 5.41) is 27.4. The number of hydrogen-bond donors (Lipinski definition) is 5. The van der Waals surface area contributed by atoms with Gasteiger partial charge >= 0.3 is 7.60 Å². The van der Waals surface area contributed by atoms with Gasteiger partial charge in [-0.3, -0.25) is 9.12 Å². The third-order valence-electron chi connectivity index (χ3n) is 5.69. The van der Waals surface area contributed by atoms with Crippen LogP contribution in [0.3, 0.4) is 0 Å². The number of hydrogen-bond acceptors (Lipinski definition) is 11. The molecule has 0 aliphatic heterocycles. The standard InChI is InChI=1S/C26H26N5O9PS/c1-3-39-22-14-21(23(40-4-2)13-20(22)29-28-17-6-5-7-18(12-17)41(33,34)35)30-31-25-24(42(36,37)38)10-15-8-9-16(27)11-19(15)26(25)32/h5-14,32H,3-4,27H2,1-2H3,(H2,33,34,35)(H,36,37,38)/b29-28+,31-30+. The van der Waals surface area contributed by atoms with E-state index >= 15 is 0 Å². The number of aromatic hydroxyl groups is 1. The molecule has 4 aromatic rings. The molecule has 0 amide bonds. The molecule has 0 saturated carbocycles. The van der Waals surface area contributed by atoms with Crippen LogP contribution in [0.15, 0.2) is 86.0 Å². The molecule has 6 N–H and O–H groups in total. The first-order valence-electron chi connectivity index (χ1n) is 12.3. The molecule has 0 atom stereocenters. The quantitative estimate of drug-likeness (QED) is 0.0623. The van der Waals surface area contributed by atoms with Crippen LogP contribution in [0.5, 0.6) is 17.2 Å². The molecule has 220 valence electrons. The predicted molar refractivity (Wildman–Crippen MR) is 155 cm³/mol. The first-order chi connectivity index (χ1) is 19.8. The van der Waals surface area contributed by atoms with Crippen molar-refractivity contribution in [3.63, 3.8) is 0 Å². The van der Waals surface area contributed by atoms with Gasteiger partial charge in [-0.05, 0) is 55.6 Å². The zero-order chi connectivity index (χ0) is 30.7. The van der Waals surface area contributed by atoms with Crippen LogP contribution in [-0.2, 0) is 14.7 Å². The molecular weight excluding hydrogens is 589 g/mol. The zero-order valence-corrected chi connectivity index (χ0v) is 24.0. The Kier molecular flexibility index (Phi) is 8.89. The second-order valence-corrected chi connectivity index (χ2v) is 11.6. The van der Waals surface area contributed by atoms with Crippen molar-refractivity contribution in [3.05, 3.63) is 60.7 Å². The van der Waals surface area contributed by atoms with Crippen molar-refractivity contribution in [3.8, 4) is 17.2 Å². The monoisotopic (exact) mass is 615 g/mol. The van der Waals surface area contributed by atoms with Gasteiger partial charge in [-0.15, -0.1) is 15.3 Å². The molecule has 0 heterocycles. The summed E-state index contributed by atoms with van der Waals surface area (Å²) in [6, 6.07) is 13.8. The molecular formula is C26H26N5O9PS. The Balaban J connectivity index is 1.83. The molecule has 0 bridgehead atoms. The highest BCUT2D eigenvalue weighted by Crippen LogP contribution is 2.45. The van der Waals surface area contributed by atoms with Crippen molar-refractivity contribution >= 4 is 62.2 Å². The van der Waals surface area contributed by atoms with Crippen molar-refractivity contribution in [1.29, 1.82) is 0 Å². The second-order valence-electron chi connectivity index (χ2n) is 8.65. The largest absolute Gasteiger partial charge is 0.505 e. The molecule has 4 rings (SSSR count). The normalized spacial score (nSPS) is 12.4. The Hall–Kier alpha value is -4.40. The topological polar surface area (TPSA) is 226 Å². The van der Waals surface area contributed by atoms with Gasteiger partial charge in [0.25, 0.3) is 10.1 Å². The summed E-state index contributed by atoms with van der Waals surface area (Å²) >= 11 is 0. The summed E-state index contributed by atoms with van der Waals surface area (Å²) in [7, 11) is -9.33. The Bertz CT molecular complexity index is 1870. The lowest BCUT2D eigenvalue weighted by atomic mass is 10.1. The predicted octanol–water partition coefficient (Wildman–Crippen LogP) is 5.81. The number of benzene rings is 4. The van der Waals surface area contributed by atoms with Crippen LogP contribution in [0.1, 0.15) is 13.8 Å². The summed E-state index contributed by atoms with van der Waals surface area (Å²) in [6.45, 7) is 3.83. The van der Waals surface area contributed by atoms with E-state index in [1.807, 2.05) is 0 Å². The van der Waals surface area contributed by atoms with Crippen LogP contribution in [0.25, 0.3) is 10.8 Å². The zero-order valence-electron chi connectivity index (χ0n) is 22.2. The van der Waals surface area contributed by atoms with Gasteiger partial charge in [0.05, 0.1) is 24.2 Å². The Morgan fingerprint density at radius 1 is 0.857 bits per heavy atom. The van der Waals surface area contributed by atoms with E-state index in [2.05, 4.69) is 20.5 Å². The minimum Gasteiger partial charge on any atom is -0.505 e. The summed E-state index contributed by atoms with van der Waals surface area (Å²) in [5.74, 6) is -0.252. The van der Waals surface area contributed by atoms with Gasteiger partial charge in [-0.25, -0.2) is 0 Å². The van der Waals surface area contributed by atoms with Gasteiger partial charge in [0.1, 0.15) is 33.5 Å². The van der Waals surface area contributed by atoms with E-state index in [0.717, 1.165) is 6.07 Å². The number of rotatable bonds is 10. The number of ether oxygens (including phenoxy) is 2.